The smallest absolute Gasteiger partial charge is 0.253 e. The zero-order chi connectivity index (χ0) is 16.1. The van der Waals surface area contributed by atoms with Gasteiger partial charge in [0.05, 0.1) is 17.4 Å². The van der Waals surface area contributed by atoms with E-state index in [0.717, 1.165) is 24.2 Å². The van der Waals surface area contributed by atoms with Crippen molar-refractivity contribution in [3.05, 3.63) is 53.9 Å². The number of amides is 1. The van der Waals surface area contributed by atoms with Crippen molar-refractivity contribution in [1.29, 1.82) is 0 Å². The third kappa shape index (κ3) is 4.31. The average molecular weight is 309 g/mol. The molecule has 1 amide bonds. The van der Waals surface area contributed by atoms with Gasteiger partial charge in [0, 0.05) is 17.9 Å². The highest BCUT2D eigenvalue weighted by atomic mass is 16.1. The molecule has 23 heavy (non-hydrogen) atoms. The van der Waals surface area contributed by atoms with Gasteiger partial charge < -0.3 is 10.6 Å². The maximum absolute atomic E-state index is 12.4. The number of pyridine rings is 1. The van der Waals surface area contributed by atoms with Crippen LogP contribution in [0.1, 0.15) is 48.0 Å². The van der Waals surface area contributed by atoms with Gasteiger partial charge in [-0.05, 0) is 43.5 Å². The number of nitrogens with one attached hydrogen (secondary N) is 2. The molecular formula is C19H23N3O. The number of hydrogen-bond acceptors (Lipinski definition) is 3. The van der Waals surface area contributed by atoms with E-state index in [2.05, 4.69) is 34.7 Å². The second kappa shape index (κ2) is 7.27. The minimum atomic E-state index is -0.0303. The number of aryl methyl sites for hydroxylation is 1. The second-order valence-electron chi connectivity index (χ2n) is 6.27. The fourth-order valence-electron chi connectivity index (χ4n) is 3.04. The molecule has 1 saturated carbocycles. The number of carbonyl (C=O) groups is 1. The Bertz CT molecular complexity index is 678. The SMILES string of the molecule is Cc1cccc(Nc2cncc(C(=O)NC3CCCCC3)c2)c1. The third-order valence-electron chi connectivity index (χ3n) is 4.25. The van der Waals surface area contributed by atoms with Gasteiger partial charge in [0.2, 0.25) is 0 Å². The summed E-state index contributed by atoms with van der Waals surface area (Å²) in [7, 11) is 0. The van der Waals surface area contributed by atoms with E-state index < -0.39 is 0 Å². The number of carbonyl (C=O) groups excluding carboxylic acids is 1. The van der Waals surface area contributed by atoms with Crippen LogP contribution in [-0.4, -0.2) is 16.9 Å². The lowest BCUT2D eigenvalue weighted by molar-refractivity contribution is 0.0927. The van der Waals surface area contributed by atoms with Crippen LogP contribution in [0.4, 0.5) is 11.4 Å². The summed E-state index contributed by atoms with van der Waals surface area (Å²) in [5.74, 6) is -0.0303. The summed E-state index contributed by atoms with van der Waals surface area (Å²) in [6.45, 7) is 2.05. The molecule has 0 radical (unpaired) electrons. The fraction of sp³-hybridized carbons (Fsp3) is 0.368. The zero-order valence-corrected chi connectivity index (χ0v) is 13.5. The van der Waals surface area contributed by atoms with Crippen LogP contribution in [0.5, 0.6) is 0 Å². The van der Waals surface area contributed by atoms with Gasteiger partial charge in [-0.2, -0.15) is 0 Å². The van der Waals surface area contributed by atoms with E-state index in [4.69, 9.17) is 0 Å². The third-order valence-corrected chi connectivity index (χ3v) is 4.25. The summed E-state index contributed by atoms with van der Waals surface area (Å²) in [6, 6.07) is 10.3. The highest BCUT2D eigenvalue weighted by Gasteiger charge is 2.17. The summed E-state index contributed by atoms with van der Waals surface area (Å²) in [6.07, 6.45) is 9.22. The van der Waals surface area contributed by atoms with Crippen LogP contribution >= 0.6 is 0 Å². The van der Waals surface area contributed by atoms with E-state index in [-0.39, 0.29) is 5.91 Å². The van der Waals surface area contributed by atoms with Gasteiger partial charge in [-0.25, -0.2) is 0 Å². The van der Waals surface area contributed by atoms with E-state index >= 15 is 0 Å². The van der Waals surface area contributed by atoms with Crippen molar-refractivity contribution in [3.63, 3.8) is 0 Å². The van der Waals surface area contributed by atoms with Crippen molar-refractivity contribution in [2.24, 2.45) is 0 Å². The average Bonchev–Trinajstić information content (AvgIpc) is 2.56. The van der Waals surface area contributed by atoms with Crippen molar-refractivity contribution >= 4 is 17.3 Å². The number of benzene rings is 1. The normalized spacial score (nSPS) is 15.2. The molecule has 120 valence electrons. The molecule has 0 spiro atoms. The minimum Gasteiger partial charge on any atom is -0.354 e. The molecule has 1 heterocycles. The van der Waals surface area contributed by atoms with Gasteiger partial charge in [0.1, 0.15) is 0 Å². The van der Waals surface area contributed by atoms with Gasteiger partial charge in [0.25, 0.3) is 5.91 Å². The maximum atomic E-state index is 12.4. The van der Waals surface area contributed by atoms with Crippen LogP contribution in [0.3, 0.4) is 0 Å². The topological polar surface area (TPSA) is 54.0 Å². The van der Waals surface area contributed by atoms with E-state index in [1.54, 1.807) is 12.4 Å². The number of hydrogen-bond donors (Lipinski definition) is 2. The lowest BCUT2D eigenvalue weighted by Crippen LogP contribution is -2.36. The molecule has 1 fully saturated rings. The quantitative estimate of drug-likeness (QED) is 0.890. The zero-order valence-electron chi connectivity index (χ0n) is 13.5. The van der Waals surface area contributed by atoms with Crippen molar-refractivity contribution in [2.75, 3.05) is 5.32 Å². The molecule has 1 aliphatic carbocycles. The molecule has 1 aromatic heterocycles. The molecule has 0 bridgehead atoms. The molecule has 0 atom stereocenters. The lowest BCUT2D eigenvalue weighted by atomic mass is 9.95. The van der Waals surface area contributed by atoms with Gasteiger partial charge >= 0.3 is 0 Å². The number of nitrogens with zero attached hydrogens (tertiary/aromatic N) is 1. The molecule has 0 saturated heterocycles. The predicted molar refractivity (Wildman–Crippen MR) is 93.0 cm³/mol. The van der Waals surface area contributed by atoms with E-state index in [0.29, 0.717) is 11.6 Å². The summed E-state index contributed by atoms with van der Waals surface area (Å²) >= 11 is 0. The standard InChI is InChI=1S/C19H23N3O/c1-14-6-5-9-17(10-14)21-18-11-15(12-20-13-18)19(23)22-16-7-3-2-4-8-16/h5-6,9-13,16,21H,2-4,7-8H2,1H3,(H,22,23). The summed E-state index contributed by atoms with van der Waals surface area (Å²) < 4.78 is 0. The Labute approximate surface area is 137 Å². The first-order chi connectivity index (χ1) is 11.2. The second-order valence-corrected chi connectivity index (χ2v) is 6.27. The van der Waals surface area contributed by atoms with Crippen LogP contribution in [0.15, 0.2) is 42.7 Å². The van der Waals surface area contributed by atoms with Gasteiger partial charge in [-0.15, -0.1) is 0 Å². The molecular weight excluding hydrogens is 286 g/mol. The van der Waals surface area contributed by atoms with E-state index in [1.807, 2.05) is 18.2 Å². The molecule has 1 aromatic carbocycles. The minimum absolute atomic E-state index is 0.0303. The Kier molecular flexibility index (Phi) is 4.91. The fourth-order valence-corrected chi connectivity index (χ4v) is 3.04. The Balaban J connectivity index is 1.67. The van der Waals surface area contributed by atoms with Crippen LogP contribution < -0.4 is 10.6 Å². The van der Waals surface area contributed by atoms with Crippen LogP contribution in [-0.2, 0) is 0 Å². The van der Waals surface area contributed by atoms with Crippen LogP contribution in [0.25, 0.3) is 0 Å². The van der Waals surface area contributed by atoms with E-state index in [9.17, 15) is 4.79 Å². The highest BCUT2D eigenvalue weighted by molar-refractivity contribution is 5.95. The summed E-state index contributed by atoms with van der Waals surface area (Å²) in [5.41, 5.74) is 3.62. The molecule has 0 aliphatic heterocycles. The molecule has 1 aliphatic rings. The molecule has 0 unspecified atom stereocenters. The lowest BCUT2D eigenvalue weighted by Gasteiger charge is -2.22. The molecule has 4 nitrogen and oxygen atoms in total. The van der Waals surface area contributed by atoms with Crippen molar-refractivity contribution in [3.8, 4) is 0 Å². The van der Waals surface area contributed by atoms with Gasteiger partial charge in [-0.1, -0.05) is 31.4 Å². The Hall–Kier alpha value is -2.36. The molecule has 2 aromatic rings. The van der Waals surface area contributed by atoms with Crippen molar-refractivity contribution in [2.45, 2.75) is 45.1 Å². The number of anilines is 2. The van der Waals surface area contributed by atoms with Crippen molar-refractivity contribution in [1.82, 2.24) is 10.3 Å². The summed E-state index contributed by atoms with van der Waals surface area (Å²) in [5, 5.41) is 6.43. The first kappa shape index (κ1) is 15.5. The largest absolute Gasteiger partial charge is 0.354 e. The van der Waals surface area contributed by atoms with Gasteiger partial charge in [-0.3, -0.25) is 9.78 Å². The Morgan fingerprint density at radius 1 is 1.09 bits per heavy atom. The van der Waals surface area contributed by atoms with Gasteiger partial charge in [0.15, 0.2) is 0 Å². The molecule has 3 rings (SSSR count). The molecule has 4 heteroatoms. The predicted octanol–water partition coefficient (Wildman–Crippen LogP) is 4.20. The maximum Gasteiger partial charge on any atom is 0.253 e. The molecule has 2 N–H and O–H groups in total. The number of rotatable bonds is 4. The summed E-state index contributed by atoms with van der Waals surface area (Å²) in [4.78, 5) is 16.6. The first-order valence-corrected chi connectivity index (χ1v) is 8.30. The highest BCUT2D eigenvalue weighted by Crippen LogP contribution is 2.20. The number of aromatic nitrogens is 1. The monoisotopic (exact) mass is 309 g/mol. The van der Waals surface area contributed by atoms with Crippen LogP contribution in [0.2, 0.25) is 0 Å². The van der Waals surface area contributed by atoms with E-state index in [1.165, 1.54) is 24.8 Å². The Morgan fingerprint density at radius 3 is 2.70 bits per heavy atom. The first-order valence-electron chi connectivity index (χ1n) is 8.30. The van der Waals surface area contributed by atoms with Crippen LogP contribution in [0, 0.1) is 6.92 Å². The van der Waals surface area contributed by atoms with Crippen molar-refractivity contribution < 1.29 is 4.79 Å². The Morgan fingerprint density at radius 2 is 1.91 bits per heavy atom.